The van der Waals surface area contributed by atoms with Gasteiger partial charge in [0.2, 0.25) is 5.91 Å². The molecule has 90 valence electrons. The highest BCUT2D eigenvalue weighted by Gasteiger charge is 2.48. The van der Waals surface area contributed by atoms with E-state index in [-0.39, 0.29) is 11.8 Å². The summed E-state index contributed by atoms with van der Waals surface area (Å²) in [5.41, 5.74) is -0.822. The van der Waals surface area contributed by atoms with Crippen molar-refractivity contribution in [2.75, 3.05) is 19.8 Å². The number of rotatable bonds is 3. The maximum absolute atomic E-state index is 11.8. The van der Waals surface area contributed by atoms with Gasteiger partial charge in [0.15, 0.2) is 0 Å². The fourth-order valence-corrected chi connectivity index (χ4v) is 3.06. The molecule has 2 saturated carbocycles. The van der Waals surface area contributed by atoms with Gasteiger partial charge in [0.1, 0.15) is 5.60 Å². The molecule has 3 fully saturated rings. The lowest BCUT2D eigenvalue weighted by Gasteiger charge is -2.22. The molecule has 3 atom stereocenters. The van der Waals surface area contributed by atoms with Gasteiger partial charge in [0.25, 0.3) is 0 Å². The van der Waals surface area contributed by atoms with Crippen LogP contribution in [0.3, 0.4) is 0 Å². The van der Waals surface area contributed by atoms with Gasteiger partial charge < -0.3 is 15.2 Å². The third-order valence-corrected chi connectivity index (χ3v) is 4.29. The first-order valence-corrected chi connectivity index (χ1v) is 6.24. The van der Waals surface area contributed by atoms with Crippen molar-refractivity contribution in [3.63, 3.8) is 0 Å². The summed E-state index contributed by atoms with van der Waals surface area (Å²) in [6.07, 6.45) is 4.08. The number of carbonyl (C=O) groups excluding carboxylic acids is 1. The topological polar surface area (TPSA) is 58.6 Å². The molecule has 1 heterocycles. The summed E-state index contributed by atoms with van der Waals surface area (Å²) >= 11 is 0. The molecule has 2 N–H and O–H groups in total. The average molecular weight is 225 g/mol. The van der Waals surface area contributed by atoms with Crippen molar-refractivity contribution in [2.24, 2.45) is 17.8 Å². The fourth-order valence-electron chi connectivity index (χ4n) is 3.06. The SMILES string of the molecule is O=C(NCC1(O)CCOC1)C1CC2CC2C1. The van der Waals surface area contributed by atoms with Crippen LogP contribution in [0.5, 0.6) is 0 Å². The van der Waals surface area contributed by atoms with Crippen molar-refractivity contribution in [3.8, 4) is 0 Å². The zero-order valence-electron chi connectivity index (χ0n) is 9.45. The Bertz CT molecular complexity index is 289. The lowest BCUT2D eigenvalue weighted by atomic mass is 10.0. The molecule has 4 nitrogen and oxygen atoms in total. The van der Waals surface area contributed by atoms with Gasteiger partial charge in [-0.1, -0.05) is 0 Å². The van der Waals surface area contributed by atoms with Crippen molar-refractivity contribution in [1.82, 2.24) is 5.32 Å². The number of fused-ring (bicyclic) bond motifs is 1. The van der Waals surface area contributed by atoms with Crippen LogP contribution in [-0.4, -0.2) is 36.4 Å². The highest BCUT2D eigenvalue weighted by molar-refractivity contribution is 5.79. The molecule has 0 aromatic heterocycles. The second-order valence-electron chi connectivity index (χ2n) is 5.67. The van der Waals surface area contributed by atoms with Gasteiger partial charge >= 0.3 is 0 Å². The van der Waals surface area contributed by atoms with Gasteiger partial charge in [-0.2, -0.15) is 0 Å². The van der Waals surface area contributed by atoms with E-state index in [1.165, 1.54) is 6.42 Å². The Morgan fingerprint density at radius 1 is 1.38 bits per heavy atom. The summed E-state index contributed by atoms with van der Waals surface area (Å²) in [5, 5.41) is 12.9. The van der Waals surface area contributed by atoms with E-state index in [2.05, 4.69) is 5.32 Å². The van der Waals surface area contributed by atoms with Gasteiger partial charge in [-0.05, 0) is 31.1 Å². The van der Waals surface area contributed by atoms with E-state index in [0.717, 1.165) is 24.7 Å². The second kappa shape index (κ2) is 3.70. The number of aliphatic hydroxyl groups is 1. The molecule has 0 aromatic rings. The van der Waals surface area contributed by atoms with Crippen LogP contribution in [0.2, 0.25) is 0 Å². The standard InChI is InChI=1S/C12H19NO3/c14-11(10-4-8-3-9(8)5-10)13-6-12(15)1-2-16-7-12/h8-10,15H,1-7H2,(H,13,14). The van der Waals surface area contributed by atoms with E-state index in [1.54, 1.807) is 0 Å². The van der Waals surface area contributed by atoms with Crippen molar-refractivity contribution in [3.05, 3.63) is 0 Å². The molecule has 1 aliphatic heterocycles. The predicted octanol–water partition coefficient (Wildman–Crippen LogP) is 0.300. The summed E-state index contributed by atoms with van der Waals surface area (Å²) in [5.74, 6) is 1.99. The molecule has 1 saturated heterocycles. The molecule has 4 heteroatoms. The minimum absolute atomic E-state index is 0.132. The van der Waals surface area contributed by atoms with Gasteiger partial charge in [0.05, 0.1) is 6.61 Å². The number of hydrogen-bond acceptors (Lipinski definition) is 3. The van der Waals surface area contributed by atoms with Crippen LogP contribution >= 0.6 is 0 Å². The minimum atomic E-state index is -0.822. The summed E-state index contributed by atoms with van der Waals surface area (Å²) in [6.45, 7) is 1.29. The van der Waals surface area contributed by atoms with Crippen LogP contribution in [0.15, 0.2) is 0 Å². The Kier molecular flexibility index (Phi) is 2.44. The Morgan fingerprint density at radius 2 is 2.12 bits per heavy atom. The van der Waals surface area contributed by atoms with Crippen molar-refractivity contribution in [1.29, 1.82) is 0 Å². The van der Waals surface area contributed by atoms with Crippen molar-refractivity contribution in [2.45, 2.75) is 31.3 Å². The monoisotopic (exact) mass is 225 g/mol. The number of amides is 1. The molecule has 16 heavy (non-hydrogen) atoms. The summed E-state index contributed by atoms with van der Waals surface area (Å²) in [7, 11) is 0. The van der Waals surface area contributed by atoms with Crippen LogP contribution in [-0.2, 0) is 9.53 Å². The van der Waals surface area contributed by atoms with Crippen molar-refractivity contribution >= 4 is 5.91 Å². The Balaban J connectivity index is 1.46. The Hall–Kier alpha value is -0.610. The third-order valence-electron chi connectivity index (χ3n) is 4.29. The van der Waals surface area contributed by atoms with E-state index >= 15 is 0 Å². The quantitative estimate of drug-likeness (QED) is 0.726. The van der Waals surface area contributed by atoms with Crippen LogP contribution in [0.1, 0.15) is 25.7 Å². The smallest absolute Gasteiger partial charge is 0.223 e. The average Bonchev–Trinajstić information content (AvgIpc) is 2.71. The predicted molar refractivity (Wildman–Crippen MR) is 57.7 cm³/mol. The summed E-state index contributed by atoms with van der Waals surface area (Å²) < 4.78 is 5.14. The van der Waals surface area contributed by atoms with E-state index in [9.17, 15) is 9.90 Å². The van der Waals surface area contributed by atoms with Crippen molar-refractivity contribution < 1.29 is 14.6 Å². The van der Waals surface area contributed by atoms with Gasteiger partial charge in [-0.25, -0.2) is 0 Å². The summed E-state index contributed by atoms with van der Waals surface area (Å²) in [6, 6.07) is 0. The van der Waals surface area contributed by atoms with E-state index in [1.807, 2.05) is 0 Å². The minimum Gasteiger partial charge on any atom is -0.386 e. The molecule has 3 rings (SSSR count). The van der Waals surface area contributed by atoms with Gasteiger partial charge in [-0.3, -0.25) is 4.79 Å². The number of ether oxygens (including phenoxy) is 1. The molecular formula is C12H19NO3. The highest BCUT2D eigenvalue weighted by Crippen LogP contribution is 2.54. The second-order valence-corrected chi connectivity index (χ2v) is 5.67. The zero-order valence-corrected chi connectivity index (χ0v) is 9.45. The maximum atomic E-state index is 11.8. The molecule has 0 bridgehead atoms. The first kappa shape index (κ1) is 10.5. The van der Waals surface area contributed by atoms with Crippen LogP contribution in [0.25, 0.3) is 0 Å². The first-order valence-electron chi connectivity index (χ1n) is 6.24. The van der Waals surface area contributed by atoms with Crippen LogP contribution < -0.4 is 5.32 Å². The molecular weight excluding hydrogens is 206 g/mol. The number of nitrogens with one attached hydrogen (secondary N) is 1. The number of hydrogen-bond donors (Lipinski definition) is 2. The van der Waals surface area contributed by atoms with Crippen LogP contribution in [0, 0.1) is 17.8 Å². The molecule has 0 spiro atoms. The van der Waals surface area contributed by atoms with E-state index in [0.29, 0.717) is 26.2 Å². The Labute approximate surface area is 95.4 Å². The highest BCUT2D eigenvalue weighted by atomic mass is 16.5. The molecule has 0 aromatic carbocycles. The largest absolute Gasteiger partial charge is 0.386 e. The van der Waals surface area contributed by atoms with E-state index < -0.39 is 5.60 Å². The zero-order chi connectivity index (χ0) is 11.2. The molecule has 2 aliphatic carbocycles. The fraction of sp³-hybridized carbons (Fsp3) is 0.917. The summed E-state index contributed by atoms with van der Waals surface area (Å²) in [4.78, 5) is 11.8. The molecule has 0 radical (unpaired) electrons. The van der Waals surface area contributed by atoms with Gasteiger partial charge in [-0.15, -0.1) is 0 Å². The van der Waals surface area contributed by atoms with Gasteiger partial charge in [0, 0.05) is 25.5 Å². The molecule has 1 amide bonds. The lowest BCUT2D eigenvalue weighted by molar-refractivity contribution is -0.126. The molecule has 3 unspecified atom stereocenters. The third kappa shape index (κ3) is 1.96. The van der Waals surface area contributed by atoms with Crippen LogP contribution in [0.4, 0.5) is 0 Å². The first-order chi connectivity index (χ1) is 7.66. The molecule has 3 aliphatic rings. The maximum Gasteiger partial charge on any atom is 0.223 e. The Morgan fingerprint density at radius 3 is 2.75 bits per heavy atom. The lowest BCUT2D eigenvalue weighted by Crippen LogP contribution is -2.45. The van der Waals surface area contributed by atoms with E-state index in [4.69, 9.17) is 4.74 Å². The normalized spacial score (nSPS) is 45.4. The number of carbonyl (C=O) groups is 1.